The molecule has 8 rings (SSSR count). The Labute approximate surface area is 507 Å². The summed E-state index contributed by atoms with van der Waals surface area (Å²) in [5.74, 6) is -3.17. The minimum atomic E-state index is -1.11. The second-order valence-corrected chi connectivity index (χ2v) is 31.1. The molecule has 13 unspecified atom stereocenters. The summed E-state index contributed by atoms with van der Waals surface area (Å²) in [4.78, 5) is 92.1. The number of carboxylic acids is 2. The predicted molar refractivity (Wildman–Crippen MR) is 324 cm³/mol. The van der Waals surface area contributed by atoms with E-state index in [-0.39, 0.29) is 92.1 Å². The summed E-state index contributed by atoms with van der Waals surface area (Å²) >= 11 is 0. The van der Waals surface area contributed by atoms with E-state index in [9.17, 15) is 24.6 Å². The zero-order valence-corrected chi connectivity index (χ0v) is 54.6. The quantitative estimate of drug-likeness (QED) is 0.0665. The van der Waals surface area contributed by atoms with Crippen LogP contribution in [-0.2, 0) is 60.7 Å². The Kier molecular flexibility index (Phi) is 18.5. The van der Waals surface area contributed by atoms with Crippen LogP contribution in [0.15, 0.2) is 54.6 Å². The fourth-order valence-electron chi connectivity index (χ4n) is 17.1. The van der Waals surface area contributed by atoms with Gasteiger partial charge < -0.3 is 33.9 Å². The molecule has 6 aliphatic carbocycles. The van der Waals surface area contributed by atoms with Gasteiger partial charge in [0.1, 0.15) is 48.4 Å². The lowest BCUT2D eigenvalue weighted by molar-refractivity contribution is -0.212. The van der Waals surface area contributed by atoms with E-state index in [0.29, 0.717) is 18.6 Å². The summed E-state index contributed by atoms with van der Waals surface area (Å²) in [6, 6.07) is 16.1. The molecule has 0 aromatic heterocycles. The number of ether oxygens (including phenoxy) is 5. The minimum Gasteiger partial charge on any atom is -0.482 e. The van der Waals surface area contributed by atoms with Crippen molar-refractivity contribution in [2.45, 2.75) is 218 Å². The van der Waals surface area contributed by atoms with E-state index in [2.05, 4.69) is 46.4 Å². The lowest BCUT2D eigenvalue weighted by Crippen LogP contribution is -2.63. The number of rotatable bonds is 26. The predicted octanol–water partition coefficient (Wildman–Crippen LogP) is 11.1. The van der Waals surface area contributed by atoms with Crippen LogP contribution in [0.1, 0.15) is 174 Å². The van der Waals surface area contributed by atoms with Crippen molar-refractivity contribution in [2.24, 2.45) is 68.0 Å². The first kappa shape index (κ1) is 66.4. The van der Waals surface area contributed by atoms with Gasteiger partial charge in [-0.25, -0.2) is 4.79 Å². The Balaban J connectivity index is 1.31. The normalized spacial score (nSPS) is 30.6. The van der Waals surface area contributed by atoms with E-state index in [0.717, 1.165) is 36.8 Å². The van der Waals surface area contributed by atoms with Gasteiger partial charge in [0.2, 0.25) is 0 Å². The minimum absolute atomic E-state index is 0.00950. The van der Waals surface area contributed by atoms with Crippen LogP contribution >= 0.6 is 0 Å². The fourth-order valence-corrected chi connectivity index (χ4v) is 17.1. The van der Waals surface area contributed by atoms with Gasteiger partial charge in [-0.05, 0) is 165 Å². The summed E-state index contributed by atoms with van der Waals surface area (Å²) in [5.41, 5.74) is -5.61. The van der Waals surface area contributed by atoms with Crippen LogP contribution < -0.4 is 4.74 Å². The molecule has 16 nitrogen and oxygen atoms in total. The summed E-state index contributed by atoms with van der Waals surface area (Å²) in [5, 5.41) is 22.2. The van der Waals surface area contributed by atoms with Crippen LogP contribution in [0.4, 0.5) is 0 Å². The molecule has 0 bridgehead atoms. The van der Waals surface area contributed by atoms with Crippen LogP contribution in [0.25, 0.3) is 0 Å². The van der Waals surface area contributed by atoms with Gasteiger partial charge in [-0.1, -0.05) is 105 Å². The maximum Gasteiger partial charge on any atom is 0.344 e. The number of carbonyl (C=O) groups excluding carboxylic acids is 4. The number of carboxylic acid groups (broad SMARTS) is 2. The molecule has 472 valence electrons. The van der Waals surface area contributed by atoms with Crippen molar-refractivity contribution in [2.75, 3.05) is 39.3 Å². The number of ketones is 3. The Hall–Kier alpha value is -4.58. The van der Waals surface area contributed by atoms with Gasteiger partial charge in [-0.3, -0.25) is 38.7 Å². The molecule has 16 heteroatoms. The number of nitrogens with zero attached hydrogens (tertiary/aromatic N) is 3. The van der Waals surface area contributed by atoms with Crippen molar-refractivity contribution >= 4 is 35.3 Å². The molecular weight excluding hydrogens is 1080 g/mol. The summed E-state index contributed by atoms with van der Waals surface area (Å²) < 4.78 is 33.4. The monoisotopic (exact) mass is 1180 g/mol. The number of fused-ring (bicyclic) bond motifs is 3. The standard InChI is InChI=1S/C69H103N3O13/c1-42-24-31-49-64(13,14)67(49,55(42)78)58(83-61(4,5)6)70(38-52(73)74)34-35-72(60(85-63(10,11)12)69-51(66(69,17)18)33-26-44(3)57(69)80)47(36-45-27-29-48(30-28-45)81-41-54(77)82-40-46-22-20-19-21-23-46)37-71(39-53(75)76)59(84-62(7,8)9)68-50(65(68,15)16)32-25-43(2)56(68)79/h19-23,27-30,42-44,47,49-51,58-60H,24-26,31-41H2,1-18H3,(H,73,74)(H,75,76). The van der Waals surface area contributed by atoms with E-state index in [4.69, 9.17) is 23.7 Å². The zero-order chi connectivity index (χ0) is 63.0. The molecule has 6 saturated carbocycles. The van der Waals surface area contributed by atoms with Crippen molar-refractivity contribution < 1.29 is 62.7 Å². The van der Waals surface area contributed by atoms with Gasteiger partial charge in [0.25, 0.3) is 0 Å². The highest BCUT2D eigenvalue weighted by molar-refractivity contribution is 5.94. The molecule has 85 heavy (non-hydrogen) atoms. The van der Waals surface area contributed by atoms with Crippen molar-refractivity contribution in [3.8, 4) is 5.75 Å². The Morgan fingerprint density at radius 3 is 1.36 bits per heavy atom. The third kappa shape index (κ3) is 12.5. The van der Waals surface area contributed by atoms with Crippen LogP contribution in [-0.4, -0.2) is 141 Å². The summed E-state index contributed by atoms with van der Waals surface area (Å²) in [6.07, 6.45) is 1.85. The third-order valence-electron chi connectivity index (χ3n) is 21.2. The van der Waals surface area contributed by atoms with E-state index in [1.807, 2.05) is 135 Å². The SMILES string of the molecule is CC1CCC2C(C)(C)C2(C(OC(C)(C)C)N(CCN(C(Cc2ccc(OCC(=O)OCc3ccccc3)cc2)CN(CC(=O)O)C(OC(C)(C)C)C23C(=O)C(C)CCC2C3(C)C)C(OC(C)(C)C)C23C(=O)C(C)CCC2C3(C)C)CC(=O)O)C1=O. The lowest BCUT2D eigenvalue weighted by atomic mass is 9.76. The summed E-state index contributed by atoms with van der Waals surface area (Å²) in [6.45, 7) is 35.1. The summed E-state index contributed by atoms with van der Waals surface area (Å²) in [7, 11) is 0. The molecule has 0 heterocycles. The Morgan fingerprint density at radius 2 is 0.941 bits per heavy atom. The van der Waals surface area contributed by atoms with Gasteiger partial charge in [0.05, 0.1) is 46.1 Å². The van der Waals surface area contributed by atoms with E-state index >= 15 is 14.4 Å². The van der Waals surface area contributed by atoms with Crippen LogP contribution in [0, 0.1) is 68.0 Å². The Bertz CT molecular complexity index is 2790. The van der Waals surface area contributed by atoms with Gasteiger partial charge in [0.15, 0.2) is 6.61 Å². The number of hydrogen-bond acceptors (Lipinski definition) is 14. The van der Waals surface area contributed by atoms with Crippen molar-refractivity contribution in [1.29, 1.82) is 0 Å². The van der Waals surface area contributed by atoms with Gasteiger partial charge in [0, 0.05) is 43.4 Å². The first-order valence-electron chi connectivity index (χ1n) is 31.6. The molecule has 0 aliphatic heterocycles. The first-order valence-corrected chi connectivity index (χ1v) is 31.6. The topological polar surface area (TPSA) is 199 Å². The maximum absolute atomic E-state index is 15.7. The number of hydrogen-bond donors (Lipinski definition) is 2. The highest BCUT2D eigenvalue weighted by Crippen LogP contribution is 2.79. The average Bonchev–Trinajstić information content (AvgIpc) is 1.58. The maximum atomic E-state index is 15.7. The van der Waals surface area contributed by atoms with Crippen molar-refractivity contribution in [1.82, 2.24) is 14.7 Å². The molecule has 6 fully saturated rings. The smallest absolute Gasteiger partial charge is 0.344 e. The third-order valence-corrected chi connectivity index (χ3v) is 21.2. The average molecular weight is 1180 g/mol. The molecule has 2 aromatic carbocycles. The number of carbonyl (C=O) groups is 6. The number of esters is 1. The Morgan fingerprint density at radius 1 is 0.541 bits per heavy atom. The molecule has 0 spiro atoms. The molecular formula is C69H103N3O13. The molecule has 0 saturated heterocycles. The number of benzene rings is 2. The zero-order valence-electron chi connectivity index (χ0n) is 54.6. The van der Waals surface area contributed by atoms with Gasteiger partial charge in [-0.2, -0.15) is 0 Å². The van der Waals surface area contributed by atoms with Crippen LogP contribution in [0.3, 0.4) is 0 Å². The second kappa shape index (κ2) is 23.7. The van der Waals surface area contributed by atoms with E-state index < -0.39 is 105 Å². The van der Waals surface area contributed by atoms with Crippen LogP contribution in [0.2, 0.25) is 0 Å². The molecule has 13 atom stereocenters. The molecule has 0 amide bonds. The van der Waals surface area contributed by atoms with Crippen molar-refractivity contribution in [3.63, 3.8) is 0 Å². The first-order chi connectivity index (χ1) is 39.3. The van der Waals surface area contributed by atoms with Gasteiger partial charge >= 0.3 is 17.9 Å². The second-order valence-electron chi connectivity index (χ2n) is 31.1. The fraction of sp³-hybridized carbons (Fsp3) is 0.739. The molecule has 0 radical (unpaired) electrons. The highest BCUT2D eigenvalue weighted by atomic mass is 16.6. The number of aliphatic carboxylic acids is 2. The molecule has 2 N–H and O–H groups in total. The molecule has 6 aliphatic rings. The van der Waals surface area contributed by atoms with Crippen LogP contribution in [0.5, 0.6) is 5.75 Å². The largest absolute Gasteiger partial charge is 0.482 e. The molecule has 2 aromatic rings. The van der Waals surface area contributed by atoms with E-state index in [1.165, 1.54) is 0 Å². The van der Waals surface area contributed by atoms with Crippen molar-refractivity contribution in [3.05, 3.63) is 65.7 Å². The highest BCUT2D eigenvalue weighted by Gasteiger charge is 2.83. The lowest BCUT2D eigenvalue weighted by Gasteiger charge is -2.50. The van der Waals surface area contributed by atoms with E-state index in [1.54, 1.807) is 12.1 Å². The number of Topliss-reactive ketones (excluding diaryl/α,β-unsaturated/α-hetero) is 3. The van der Waals surface area contributed by atoms with Gasteiger partial charge in [-0.15, -0.1) is 0 Å².